The Hall–Kier alpha value is -1.71. The number of esters is 2. The van der Waals surface area contributed by atoms with E-state index in [9.17, 15) is 24.6 Å². The molecule has 9 heteroatoms. The van der Waals surface area contributed by atoms with Crippen molar-refractivity contribution in [3.05, 3.63) is 0 Å². The first-order valence-electron chi connectivity index (χ1n) is 6.32. The lowest BCUT2D eigenvalue weighted by Gasteiger charge is -2.43. The first-order chi connectivity index (χ1) is 9.76. The SMILES string of the molecule is CC(=O)N[C@H]1[C@@H](OC(C)=O)[C@@H](OC(C)=O)[C@@H](CO)O[C@H]1O. The number of ether oxygens (including phenoxy) is 3. The maximum absolute atomic E-state index is 11.2. The summed E-state index contributed by atoms with van der Waals surface area (Å²) in [5, 5.41) is 21.5. The maximum atomic E-state index is 11.2. The minimum atomic E-state index is -1.53. The summed E-state index contributed by atoms with van der Waals surface area (Å²) in [6.07, 6.45) is -4.95. The summed E-state index contributed by atoms with van der Waals surface area (Å²) in [6, 6.07) is -1.13. The molecule has 0 aliphatic carbocycles. The van der Waals surface area contributed by atoms with Gasteiger partial charge < -0.3 is 29.7 Å². The average Bonchev–Trinajstić information content (AvgIpc) is 2.35. The van der Waals surface area contributed by atoms with Crippen molar-refractivity contribution in [2.75, 3.05) is 6.61 Å². The van der Waals surface area contributed by atoms with Crippen LogP contribution in [0.4, 0.5) is 0 Å². The minimum Gasteiger partial charge on any atom is -0.456 e. The molecule has 5 atom stereocenters. The van der Waals surface area contributed by atoms with E-state index < -0.39 is 55.1 Å². The molecule has 0 unspecified atom stereocenters. The molecule has 0 saturated carbocycles. The molecule has 1 heterocycles. The Labute approximate surface area is 121 Å². The van der Waals surface area contributed by atoms with E-state index in [-0.39, 0.29) is 0 Å². The van der Waals surface area contributed by atoms with Crippen LogP contribution < -0.4 is 5.32 Å². The van der Waals surface area contributed by atoms with Crippen LogP contribution in [-0.4, -0.2) is 65.3 Å². The van der Waals surface area contributed by atoms with E-state index in [1.54, 1.807) is 0 Å². The third-order valence-electron chi connectivity index (χ3n) is 2.82. The van der Waals surface area contributed by atoms with Crippen molar-refractivity contribution in [3.63, 3.8) is 0 Å². The largest absolute Gasteiger partial charge is 0.456 e. The van der Waals surface area contributed by atoms with E-state index in [1.807, 2.05) is 0 Å². The third kappa shape index (κ3) is 4.66. The van der Waals surface area contributed by atoms with Gasteiger partial charge in [0.25, 0.3) is 0 Å². The summed E-state index contributed by atoms with van der Waals surface area (Å²) >= 11 is 0. The minimum absolute atomic E-state index is 0.496. The lowest BCUT2D eigenvalue weighted by Crippen LogP contribution is -2.65. The molecule has 0 aromatic heterocycles. The number of carbonyl (C=O) groups excluding carboxylic acids is 3. The molecule has 0 radical (unpaired) electrons. The zero-order valence-electron chi connectivity index (χ0n) is 11.9. The van der Waals surface area contributed by atoms with Gasteiger partial charge in [0.15, 0.2) is 18.5 Å². The Bertz CT molecular complexity index is 412. The van der Waals surface area contributed by atoms with Gasteiger partial charge in [-0.15, -0.1) is 0 Å². The Balaban J connectivity index is 3.08. The highest BCUT2D eigenvalue weighted by atomic mass is 16.7. The van der Waals surface area contributed by atoms with E-state index >= 15 is 0 Å². The predicted molar refractivity (Wildman–Crippen MR) is 66.7 cm³/mol. The molecule has 0 spiro atoms. The summed E-state index contributed by atoms with van der Waals surface area (Å²) in [5.74, 6) is -1.88. The topological polar surface area (TPSA) is 131 Å². The van der Waals surface area contributed by atoms with Crippen LogP contribution in [0.3, 0.4) is 0 Å². The molecular weight excluding hydrogens is 286 g/mol. The smallest absolute Gasteiger partial charge is 0.303 e. The van der Waals surface area contributed by atoms with Crippen molar-refractivity contribution in [2.45, 2.75) is 51.4 Å². The Morgan fingerprint density at radius 1 is 1.10 bits per heavy atom. The van der Waals surface area contributed by atoms with Gasteiger partial charge in [0.2, 0.25) is 5.91 Å². The van der Waals surface area contributed by atoms with E-state index in [2.05, 4.69) is 5.32 Å². The summed E-state index contributed by atoms with van der Waals surface area (Å²) in [6.45, 7) is 2.90. The van der Waals surface area contributed by atoms with Gasteiger partial charge in [-0.25, -0.2) is 0 Å². The highest BCUT2D eigenvalue weighted by Gasteiger charge is 2.49. The van der Waals surface area contributed by atoms with Crippen LogP contribution in [0.15, 0.2) is 0 Å². The van der Waals surface area contributed by atoms with Crippen molar-refractivity contribution in [1.29, 1.82) is 0 Å². The van der Waals surface area contributed by atoms with E-state index in [0.29, 0.717) is 0 Å². The van der Waals surface area contributed by atoms with Crippen LogP contribution >= 0.6 is 0 Å². The molecule has 9 nitrogen and oxygen atoms in total. The summed E-state index contributed by atoms with van der Waals surface area (Å²) < 4.78 is 15.1. The summed E-state index contributed by atoms with van der Waals surface area (Å²) in [5.41, 5.74) is 0. The van der Waals surface area contributed by atoms with E-state index in [0.717, 1.165) is 13.8 Å². The van der Waals surface area contributed by atoms with Gasteiger partial charge in [-0.2, -0.15) is 0 Å². The normalized spacial score (nSPS) is 32.1. The van der Waals surface area contributed by atoms with Gasteiger partial charge in [0, 0.05) is 20.8 Å². The van der Waals surface area contributed by atoms with Crippen LogP contribution in [0.1, 0.15) is 20.8 Å². The van der Waals surface area contributed by atoms with Gasteiger partial charge >= 0.3 is 11.9 Å². The molecule has 1 saturated heterocycles. The van der Waals surface area contributed by atoms with E-state index in [4.69, 9.17) is 14.2 Å². The van der Waals surface area contributed by atoms with Gasteiger partial charge in [-0.1, -0.05) is 0 Å². The number of aliphatic hydroxyl groups excluding tert-OH is 2. The molecule has 0 aromatic rings. The highest BCUT2D eigenvalue weighted by molar-refractivity contribution is 5.73. The first kappa shape index (κ1) is 17.3. The van der Waals surface area contributed by atoms with Gasteiger partial charge in [-0.3, -0.25) is 14.4 Å². The molecule has 3 N–H and O–H groups in total. The zero-order chi connectivity index (χ0) is 16.2. The molecule has 1 aliphatic heterocycles. The Morgan fingerprint density at radius 2 is 1.62 bits per heavy atom. The zero-order valence-corrected chi connectivity index (χ0v) is 11.9. The number of hydrogen-bond acceptors (Lipinski definition) is 8. The van der Waals surface area contributed by atoms with Crippen molar-refractivity contribution >= 4 is 17.8 Å². The monoisotopic (exact) mass is 305 g/mol. The molecule has 1 rings (SSSR count). The molecule has 1 aliphatic rings. The Kier molecular flexibility index (Phi) is 6.06. The first-order valence-corrected chi connectivity index (χ1v) is 6.32. The molecule has 0 bridgehead atoms. The highest BCUT2D eigenvalue weighted by Crippen LogP contribution is 2.25. The second kappa shape index (κ2) is 7.34. The van der Waals surface area contributed by atoms with Crippen molar-refractivity contribution in [1.82, 2.24) is 5.32 Å². The number of rotatable bonds is 4. The second-order valence-corrected chi connectivity index (χ2v) is 4.62. The number of carbonyl (C=O) groups is 3. The fourth-order valence-electron chi connectivity index (χ4n) is 2.12. The van der Waals surface area contributed by atoms with Gasteiger partial charge in [0.1, 0.15) is 12.1 Å². The fourth-order valence-corrected chi connectivity index (χ4v) is 2.12. The number of hydrogen-bond donors (Lipinski definition) is 3. The quantitative estimate of drug-likeness (QED) is 0.511. The van der Waals surface area contributed by atoms with Crippen molar-refractivity contribution in [3.8, 4) is 0 Å². The van der Waals surface area contributed by atoms with Crippen LogP contribution in [-0.2, 0) is 28.6 Å². The molecule has 0 aromatic carbocycles. The van der Waals surface area contributed by atoms with Crippen molar-refractivity contribution < 1.29 is 38.8 Å². The van der Waals surface area contributed by atoms with Gasteiger partial charge in [-0.05, 0) is 0 Å². The molecule has 21 heavy (non-hydrogen) atoms. The van der Waals surface area contributed by atoms with Crippen LogP contribution in [0, 0.1) is 0 Å². The van der Waals surface area contributed by atoms with Crippen LogP contribution in [0.5, 0.6) is 0 Å². The number of aliphatic hydroxyl groups is 2. The fraction of sp³-hybridized carbons (Fsp3) is 0.750. The number of nitrogens with one attached hydrogen (secondary N) is 1. The molecular formula is C12H19NO8. The predicted octanol–water partition coefficient (Wildman–Crippen LogP) is -1.94. The third-order valence-corrected chi connectivity index (χ3v) is 2.82. The molecule has 1 fully saturated rings. The lowest BCUT2D eigenvalue weighted by atomic mass is 9.96. The second-order valence-electron chi connectivity index (χ2n) is 4.62. The maximum Gasteiger partial charge on any atom is 0.303 e. The Morgan fingerprint density at radius 3 is 2.05 bits per heavy atom. The van der Waals surface area contributed by atoms with Crippen molar-refractivity contribution in [2.24, 2.45) is 0 Å². The lowest BCUT2D eigenvalue weighted by molar-refractivity contribution is -0.263. The van der Waals surface area contributed by atoms with E-state index in [1.165, 1.54) is 6.92 Å². The molecule has 120 valence electrons. The van der Waals surface area contributed by atoms with Gasteiger partial charge in [0.05, 0.1) is 6.61 Å². The average molecular weight is 305 g/mol. The standard InChI is InChI=1S/C12H19NO8/c1-5(15)13-9-11(20-7(3)17)10(19-6(2)16)8(4-14)21-12(9)18/h8-12,14,18H,4H2,1-3H3,(H,13,15)/t8-,9+,10+,11-,12-/m1/s1. The molecule has 1 amide bonds. The summed E-state index contributed by atoms with van der Waals surface area (Å²) in [7, 11) is 0. The van der Waals surface area contributed by atoms with Crippen LogP contribution in [0.2, 0.25) is 0 Å². The van der Waals surface area contributed by atoms with Crippen LogP contribution in [0.25, 0.3) is 0 Å². The summed E-state index contributed by atoms with van der Waals surface area (Å²) in [4.78, 5) is 33.6. The number of amides is 1.